The molecule has 5 rings (SSSR count). The predicted molar refractivity (Wildman–Crippen MR) is 109 cm³/mol. The van der Waals surface area contributed by atoms with E-state index in [1.165, 1.54) is 11.6 Å². The lowest BCUT2D eigenvalue weighted by atomic mass is 9.81. The van der Waals surface area contributed by atoms with E-state index in [0.717, 1.165) is 57.8 Å². The number of phenolic OH excluding ortho intramolecular Hbond substituents is 2. The second-order valence-electron chi connectivity index (χ2n) is 7.64. The Bertz CT molecular complexity index is 1200. The van der Waals surface area contributed by atoms with Crippen LogP contribution in [0.1, 0.15) is 24.6 Å². The van der Waals surface area contributed by atoms with Gasteiger partial charge in [-0.15, -0.1) is 0 Å². The molecule has 0 spiro atoms. The summed E-state index contributed by atoms with van der Waals surface area (Å²) in [5, 5.41) is 23.8. The minimum absolute atomic E-state index is 0.0710. The van der Waals surface area contributed by atoms with Crippen LogP contribution in [0.2, 0.25) is 0 Å². The molecule has 1 atom stereocenters. The van der Waals surface area contributed by atoms with Crippen molar-refractivity contribution in [2.75, 3.05) is 0 Å². The normalized spacial score (nSPS) is 16.6. The molecule has 1 aliphatic carbocycles. The van der Waals surface area contributed by atoms with Crippen molar-refractivity contribution < 1.29 is 10.2 Å². The van der Waals surface area contributed by atoms with E-state index in [2.05, 4.69) is 31.2 Å². The van der Waals surface area contributed by atoms with Crippen molar-refractivity contribution in [3.8, 4) is 22.6 Å². The van der Waals surface area contributed by atoms with Gasteiger partial charge in [-0.3, -0.25) is 4.98 Å². The molecular weight excluding hydrogens is 334 g/mol. The first kappa shape index (κ1) is 16.1. The third-order valence-corrected chi connectivity index (χ3v) is 5.74. The van der Waals surface area contributed by atoms with Crippen LogP contribution in [-0.4, -0.2) is 15.2 Å². The Labute approximate surface area is 157 Å². The van der Waals surface area contributed by atoms with Crippen molar-refractivity contribution in [2.24, 2.45) is 5.92 Å². The molecule has 1 heterocycles. The number of hydrogen-bond acceptors (Lipinski definition) is 3. The Kier molecular flexibility index (Phi) is 3.57. The molecule has 1 aliphatic rings. The van der Waals surface area contributed by atoms with E-state index in [9.17, 15) is 10.2 Å². The lowest BCUT2D eigenvalue weighted by Crippen LogP contribution is -2.14. The standard InChI is InChI=1S/C24H21NO2/c1-14-6-10-20-19(12-14)23(18-9-8-16(26)13-22(18)27)24-17-5-3-2-4-15(17)7-11-21(24)25-20/h2-5,7-9,11,13-14,26-27H,6,10,12H2,1H3/t14-/m1/s1. The second-order valence-corrected chi connectivity index (χ2v) is 7.64. The number of nitrogens with zero attached hydrogens (tertiary/aromatic N) is 1. The highest BCUT2D eigenvalue weighted by molar-refractivity contribution is 6.14. The lowest BCUT2D eigenvalue weighted by Gasteiger charge is -2.26. The van der Waals surface area contributed by atoms with Crippen LogP contribution in [0, 0.1) is 5.92 Å². The summed E-state index contributed by atoms with van der Waals surface area (Å²) in [4.78, 5) is 5.00. The zero-order valence-corrected chi connectivity index (χ0v) is 15.2. The van der Waals surface area contributed by atoms with Crippen LogP contribution < -0.4 is 0 Å². The van der Waals surface area contributed by atoms with E-state index in [-0.39, 0.29) is 11.5 Å². The average Bonchev–Trinajstić information content (AvgIpc) is 2.67. The Morgan fingerprint density at radius 3 is 2.70 bits per heavy atom. The molecule has 0 bridgehead atoms. The number of aryl methyl sites for hydroxylation is 1. The molecule has 0 amide bonds. The molecule has 0 saturated carbocycles. The lowest BCUT2D eigenvalue weighted by molar-refractivity contribution is 0.451. The average molecular weight is 355 g/mol. The van der Waals surface area contributed by atoms with E-state index < -0.39 is 0 Å². The monoisotopic (exact) mass is 355 g/mol. The molecule has 3 nitrogen and oxygen atoms in total. The summed E-state index contributed by atoms with van der Waals surface area (Å²) in [6, 6.07) is 17.4. The van der Waals surface area contributed by atoms with Gasteiger partial charge in [-0.25, -0.2) is 0 Å². The summed E-state index contributed by atoms with van der Waals surface area (Å²) < 4.78 is 0. The minimum atomic E-state index is 0.0710. The molecule has 3 aromatic carbocycles. The number of pyridine rings is 1. The van der Waals surface area contributed by atoms with Crippen LogP contribution in [-0.2, 0) is 12.8 Å². The molecular formula is C24H21NO2. The Morgan fingerprint density at radius 2 is 1.85 bits per heavy atom. The first-order chi connectivity index (χ1) is 13.1. The highest BCUT2D eigenvalue weighted by Crippen LogP contribution is 2.44. The van der Waals surface area contributed by atoms with Gasteiger partial charge in [0.25, 0.3) is 0 Å². The maximum atomic E-state index is 10.7. The van der Waals surface area contributed by atoms with E-state index in [0.29, 0.717) is 5.92 Å². The van der Waals surface area contributed by atoms with E-state index in [1.54, 1.807) is 6.07 Å². The van der Waals surface area contributed by atoms with Crippen LogP contribution in [0.15, 0.2) is 54.6 Å². The summed E-state index contributed by atoms with van der Waals surface area (Å²) in [5.74, 6) is 0.766. The van der Waals surface area contributed by atoms with Crippen molar-refractivity contribution in [1.82, 2.24) is 4.98 Å². The number of benzene rings is 3. The molecule has 0 unspecified atom stereocenters. The number of phenols is 2. The van der Waals surface area contributed by atoms with Crippen LogP contribution in [0.5, 0.6) is 11.5 Å². The molecule has 0 aliphatic heterocycles. The number of aromatic hydroxyl groups is 2. The number of rotatable bonds is 1. The van der Waals surface area contributed by atoms with Crippen molar-refractivity contribution in [3.05, 3.63) is 65.9 Å². The van der Waals surface area contributed by atoms with Gasteiger partial charge < -0.3 is 10.2 Å². The topological polar surface area (TPSA) is 53.4 Å². The van der Waals surface area contributed by atoms with Gasteiger partial charge in [-0.1, -0.05) is 37.3 Å². The number of fused-ring (bicyclic) bond motifs is 4. The Balaban J connectivity index is 1.98. The third kappa shape index (κ3) is 2.54. The van der Waals surface area contributed by atoms with Gasteiger partial charge in [0, 0.05) is 28.3 Å². The molecule has 0 radical (unpaired) electrons. The van der Waals surface area contributed by atoms with E-state index >= 15 is 0 Å². The van der Waals surface area contributed by atoms with Crippen LogP contribution in [0.3, 0.4) is 0 Å². The molecule has 27 heavy (non-hydrogen) atoms. The summed E-state index contributed by atoms with van der Waals surface area (Å²) in [7, 11) is 0. The van der Waals surface area contributed by atoms with Crippen molar-refractivity contribution in [3.63, 3.8) is 0 Å². The number of hydrogen-bond donors (Lipinski definition) is 2. The van der Waals surface area contributed by atoms with Crippen molar-refractivity contribution >= 4 is 21.7 Å². The number of aromatic nitrogens is 1. The molecule has 134 valence electrons. The summed E-state index contributed by atoms with van der Waals surface area (Å²) in [6.45, 7) is 2.27. The fraction of sp³-hybridized carbons (Fsp3) is 0.208. The highest BCUT2D eigenvalue weighted by atomic mass is 16.3. The van der Waals surface area contributed by atoms with E-state index in [1.807, 2.05) is 18.2 Å². The van der Waals surface area contributed by atoms with E-state index in [4.69, 9.17) is 4.98 Å². The van der Waals surface area contributed by atoms with Crippen molar-refractivity contribution in [2.45, 2.75) is 26.2 Å². The molecule has 4 aromatic rings. The summed E-state index contributed by atoms with van der Waals surface area (Å²) >= 11 is 0. The third-order valence-electron chi connectivity index (χ3n) is 5.74. The summed E-state index contributed by atoms with van der Waals surface area (Å²) in [6.07, 6.45) is 3.06. The SMILES string of the molecule is C[C@@H]1CCc2nc3ccc4ccccc4c3c(-c3ccc(O)cc3O)c2C1. The largest absolute Gasteiger partial charge is 0.508 e. The van der Waals surface area contributed by atoms with Gasteiger partial charge >= 0.3 is 0 Å². The quantitative estimate of drug-likeness (QED) is 0.438. The predicted octanol–water partition coefficient (Wildman–Crippen LogP) is 5.59. The fourth-order valence-corrected chi connectivity index (χ4v) is 4.41. The first-order valence-electron chi connectivity index (χ1n) is 9.47. The zero-order chi connectivity index (χ0) is 18.5. The minimum Gasteiger partial charge on any atom is -0.508 e. The summed E-state index contributed by atoms with van der Waals surface area (Å²) in [5.41, 5.74) is 5.17. The second kappa shape index (κ2) is 5.98. The Hall–Kier alpha value is -3.07. The fourth-order valence-electron chi connectivity index (χ4n) is 4.41. The molecule has 1 aromatic heterocycles. The Morgan fingerprint density at radius 1 is 1.00 bits per heavy atom. The molecule has 0 fully saturated rings. The van der Waals surface area contributed by atoms with Crippen molar-refractivity contribution in [1.29, 1.82) is 0 Å². The smallest absolute Gasteiger partial charge is 0.127 e. The van der Waals surface area contributed by atoms with Gasteiger partial charge in [0.15, 0.2) is 0 Å². The molecule has 2 N–H and O–H groups in total. The maximum absolute atomic E-state index is 10.7. The van der Waals surface area contributed by atoms with Gasteiger partial charge in [0.2, 0.25) is 0 Å². The van der Waals surface area contributed by atoms with Gasteiger partial charge in [-0.05, 0) is 59.7 Å². The maximum Gasteiger partial charge on any atom is 0.127 e. The van der Waals surface area contributed by atoms with Crippen LogP contribution >= 0.6 is 0 Å². The molecule has 0 saturated heterocycles. The van der Waals surface area contributed by atoms with Gasteiger partial charge in [0.05, 0.1) is 5.52 Å². The highest BCUT2D eigenvalue weighted by Gasteiger charge is 2.25. The van der Waals surface area contributed by atoms with Crippen LogP contribution in [0.4, 0.5) is 0 Å². The van der Waals surface area contributed by atoms with Gasteiger partial charge in [0.1, 0.15) is 11.5 Å². The van der Waals surface area contributed by atoms with Crippen LogP contribution in [0.25, 0.3) is 32.8 Å². The zero-order valence-electron chi connectivity index (χ0n) is 15.2. The molecule has 3 heteroatoms. The van der Waals surface area contributed by atoms with Gasteiger partial charge in [-0.2, -0.15) is 0 Å². The first-order valence-corrected chi connectivity index (χ1v) is 9.47.